The molecule has 10 nitrogen and oxygen atoms in total. The SMILES string of the molecule is COC(=O)Nc1ccc2c(c1)N[C@@H](C(=O)N1CCCC1)CCCC[C@H](N)c1nc-2c(C#N)[nH]1. The van der Waals surface area contributed by atoms with Gasteiger partial charge in [0.15, 0.2) is 0 Å². The van der Waals surface area contributed by atoms with Gasteiger partial charge in [0.25, 0.3) is 0 Å². The average molecular weight is 452 g/mol. The minimum Gasteiger partial charge on any atom is -0.453 e. The first-order valence-corrected chi connectivity index (χ1v) is 11.3. The van der Waals surface area contributed by atoms with Gasteiger partial charge >= 0.3 is 6.09 Å². The zero-order valence-corrected chi connectivity index (χ0v) is 18.7. The number of aromatic nitrogens is 2. The van der Waals surface area contributed by atoms with Crippen LogP contribution in [0.4, 0.5) is 16.2 Å². The summed E-state index contributed by atoms with van der Waals surface area (Å²) in [6.07, 6.45) is 4.44. The summed E-state index contributed by atoms with van der Waals surface area (Å²) in [4.78, 5) is 34.7. The van der Waals surface area contributed by atoms with E-state index in [0.29, 0.717) is 47.0 Å². The van der Waals surface area contributed by atoms with Crippen molar-refractivity contribution in [2.24, 2.45) is 5.73 Å². The van der Waals surface area contributed by atoms with Crippen LogP contribution in [-0.2, 0) is 9.53 Å². The van der Waals surface area contributed by atoms with Crippen molar-refractivity contribution in [3.63, 3.8) is 0 Å². The van der Waals surface area contributed by atoms with E-state index in [4.69, 9.17) is 10.5 Å². The number of nitrogens with two attached hydrogens (primary N) is 1. The van der Waals surface area contributed by atoms with Crippen molar-refractivity contribution in [1.82, 2.24) is 14.9 Å². The summed E-state index contributed by atoms with van der Waals surface area (Å²) in [5, 5.41) is 15.8. The zero-order valence-electron chi connectivity index (χ0n) is 18.7. The number of rotatable bonds is 2. The van der Waals surface area contributed by atoms with Crippen LogP contribution in [0.3, 0.4) is 0 Å². The van der Waals surface area contributed by atoms with Gasteiger partial charge in [0.1, 0.15) is 29.3 Å². The lowest BCUT2D eigenvalue weighted by atomic mass is 10.0. The van der Waals surface area contributed by atoms with Gasteiger partial charge in [-0.1, -0.05) is 12.8 Å². The van der Waals surface area contributed by atoms with Crippen LogP contribution in [0.15, 0.2) is 18.2 Å². The van der Waals surface area contributed by atoms with Gasteiger partial charge in [-0.2, -0.15) is 5.26 Å². The van der Waals surface area contributed by atoms with E-state index in [9.17, 15) is 14.9 Å². The number of nitrogens with zero attached hydrogens (tertiary/aromatic N) is 3. The minimum absolute atomic E-state index is 0.0642. The number of nitrogens with one attached hydrogen (secondary N) is 3. The smallest absolute Gasteiger partial charge is 0.411 e. The zero-order chi connectivity index (χ0) is 23.4. The molecule has 0 aliphatic carbocycles. The largest absolute Gasteiger partial charge is 0.453 e. The number of aromatic amines is 1. The van der Waals surface area contributed by atoms with E-state index in [0.717, 1.165) is 38.8 Å². The van der Waals surface area contributed by atoms with E-state index in [1.165, 1.54) is 7.11 Å². The number of anilines is 2. The van der Waals surface area contributed by atoms with Crippen molar-refractivity contribution in [2.75, 3.05) is 30.8 Å². The lowest BCUT2D eigenvalue weighted by molar-refractivity contribution is -0.131. The average Bonchev–Trinajstić information content (AvgIpc) is 3.50. The fraction of sp³-hybridized carbons (Fsp3) is 0.478. The molecule has 10 heteroatoms. The fourth-order valence-corrected chi connectivity index (χ4v) is 4.41. The molecular formula is C23H29N7O3. The molecule has 0 radical (unpaired) electrons. The molecule has 2 bridgehead atoms. The highest BCUT2D eigenvalue weighted by Crippen LogP contribution is 2.34. The first-order valence-electron chi connectivity index (χ1n) is 11.3. The first kappa shape index (κ1) is 22.6. The van der Waals surface area contributed by atoms with Gasteiger partial charge in [0.2, 0.25) is 5.91 Å². The van der Waals surface area contributed by atoms with Gasteiger partial charge in [-0.3, -0.25) is 10.1 Å². The third-order valence-electron chi connectivity index (χ3n) is 6.20. The van der Waals surface area contributed by atoms with Crippen LogP contribution in [0.1, 0.15) is 56.1 Å². The Morgan fingerprint density at radius 3 is 2.73 bits per heavy atom. The number of likely N-dealkylation sites (tertiary alicyclic amines) is 1. The number of ether oxygens (including phenoxy) is 1. The summed E-state index contributed by atoms with van der Waals surface area (Å²) >= 11 is 0. The van der Waals surface area contributed by atoms with Crippen LogP contribution in [0.2, 0.25) is 0 Å². The summed E-state index contributed by atoms with van der Waals surface area (Å²) in [6, 6.07) is 6.61. The number of fused-ring (bicyclic) bond motifs is 4. The molecule has 2 atom stereocenters. The standard InChI is InChI=1S/C23H29N7O3/c1-33-23(32)26-14-8-9-15-18(12-14)27-17(22(31)30-10-4-5-11-30)7-3-2-6-16(25)21-28-19(13-24)20(15)29-21/h8-9,12,16-17,27H,2-7,10-11,25H2,1H3,(H,26,32)(H,28,29)/t16-,17+/m0/s1. The second kappa shape index (κ2) is 9.92. The number of hydrogen-bond donors (Lipinski definition) is 4. The maximum absolute atomic E-state index is 13.3. The van der Waals surface area contributed by atoms with Crippen molar-refractivity contribution in [2.45, 2.75) is 50.6 Å². The van der Waals surface area contributed by atoms with Crippen LogP contribution >= 0.6 is 0 Å². The number of nitriles is 1. The Labute approximate surface area is 192 Å². The van der Waals surface area contributed by atoms with E-state index in [2.05, 4.69) is 26.7 Å². The lowest BCUT2D eigenvalue weighted by Crippen LogP contribution is -2.41. The van der Waals surface area contributed by atoms with Crippen LogP contribution < -0.4 is 16.4 Å². The Morgan fingerprint density at radius 2 is 2.00 bits per heavy atom. The van der Waals surface area contributed by atoms with Crippen LogP contribution in [0, 0.1) is 11.3 Å². The molecule has 1 fully saturated rings. The maximum Gasteiger partial charge on any atom is 0.411 e. The topological polar surface area (TPSA) is 149 Å². The number of imidazole rings is 1. The predicted octanol–water partition coefficient (Wildman–Crippen LogP) is 3.10. The number of carbonyl (C=O) groups is 2. The molecule has 2 aliphatic rings. The molecule has 1 aromatic heterocycles. The molecule has 1 saturated heterocycles. The molecule has 3 heterocycles. The van der Waals surface area contributed by atoms with E-state index in [1.807, 2.05) is 4.90 Å². The summed E-state index contributed by atoms with van der Waals surface area (Å²) in [5.41, 5.74) is 8.86. The van der Waals surface area contributed by atoms with E-state index < -0.39 is 12.1 Å². The highest BCUT2D eigenvalue weighted by Gasteiger charge is 2.28. The highest BCUT2D eigenvalue weighted by molar-refractivity contribution is 5.91. The Kier molecular flexibility index (Phi) is 6.79. The number of methoxy groups -OCH3 is 1. The Balaban J connectivity index is 1.78. The molecule has 2 aromatic rings. The van der Waals surface area contributed by atoms with Crippen molar-refractivity contribution in [3.05, 3.63) is 29.7 Å². The Bertz CT molecular complexity index is 1070. The molecule has 1 aromatic carbocycles. The number of carbonyl (C=O) groups excluding carboxylic acids is 2. The van der Waals surface area contributed by atoms with Crippen LogP contribution in [0.25, 0.3) is 11.3 Å². The maximum atomic E-state index is 13.3. The monoisotopic (exact) mass is 451 g/mol. The summed E-state index contributed by atoms with van der Waals surface area (Å²) in [5.74, 6) is 0.629. The predicted molar refractivity (Wildman–Crippen MR) is 123 cm³/mol. The van der Waals surface area contributed by atoms with E-state index in [-0.39, 0.29) is 11.9 Å². The Morgan fingerprint density at radius 1 is 1.24 bits per heavy atom. The third-order valence-corrected chi connectivity index (χ3v) is 6.20. The molecule has 0 unspecified atom stereocenters. The lowest BCUT2D eigenvalue weighted by Gasteiger charge is -2.26. The highest BCUT2D eigenvalue weighted by atomic mass is 16.5. The second-order valence-corrected chi connectivity index (χ2v) is 8.45. The molecule has 0 spiro atoms. The third kappa shape index (κ3) is 4.93. The first-order chi connectivity index (χ1) is 16.0. The normalized spacial score (nSPS) is 20.5. The van der Waals surface area contributed by atoms with Gasteiger partial charge in [0, 0.05) is 30.0 Å². The summed E-state index contributed by atoms with van der Waals surface area (Å²) in [7, 11) is 1.29. The molecule has 5 N–H and O–H groups in total. The van der Waals surface area contributed by atoms with Gasteiger partial charge in [-0.15, -0.1) is 0 Å². The van der Waals surface area contributed by atoms with Crippen LogP contribution in [0.5, 0.6) is 0 Å². The molecular weight excluding hydrogens is 422 g/mol. The number of amides is 2. The molecule has 0 saturated carbocycles. The second-order valence-electron chi connectivity index (χ2n) is 8.45. The summed E-state index contributed by atoms with van der Waals surface area (Å²) < 4.78 is 4.70. The number of H-pyrrole nitrogens is 1. The van der Waals surface area contributed by atoms with Gasteiger partial charge in [-0.25, -0.2) is 9.78 Å². The Hall–Kier alpha value is -3.58. The number of hydrogen-bond acceptors (Lipinski definition) is 7. The molecule has 174 valence electrons. The van der Waals surface area contributed by atoms with Crippen molar-refractivity contribution >= 4 is 23.4 Å². The van der Waals surface area contributed by atoms with Gasteiger partial charge < -0.3 is 25.7 Å². The molecule has 2 aliphatic heterocycles. The summed E-state index contributed by atoms with van der Waals surface area (Å²) in [6.45, 7) is 1.53. The van der Waals surface area contributed by atoms with Crippen LogP contribution in [-0.4, -0.2) is 53.1 Å². The van der Waals surface area contributed by atoms with Gasteiger partial charge in [-0.05, 0) is 43.9 Å². The minimum atomic E-state index is -0.599. The molecule has 2 amide bonds. The fourth-order valence-electron chi connectivity index (χ4n) is 4.41. The number of benzene rings is 1. The van der Waals surface area contributed by atoms with Crippen molar-refractivity contribution < 1.29 is 14.3 Å². The van der Waals surface area contributed by atoms with Crippen molar-refractivity contribution in [1.29, 1.82) is 5.26 Å². The van der Waals surface area contributed by atoms with Crippen molar-refractivity contribution in [3.8, 4) is 17.3 Å². The van der Waals surface area contributed by atoms with E-state index in [1.54, 1.807) is 18.2 Å². The van der Waals surface area contributed by atoms with E-state index >= 15 is 0 Å². The molecule has 33 heavy (non-hydrogen) atoms. The molecule has 4 rings (SSSR count). The van der Waals surface area contributed by atoms with Gasteiger partial charge in [0.05, 0.1) is 13.2 Å². The quantitative estimate of drug-likeness (QED) is 0.548.